The fraction of sp³-hybridized carbons (Fsp3) is 0.231. The Hall–Kier alpha value is -2.30. The molecule has 92 valence electrons. The maximum atomic E-state index is 5.30. The third-order valence-electron chi connectivity index (χ3n) is 2.52. The Morgan fingerprint density at radius 3 is 2.67 bits per heavy atom. The van der Waals surface area contributed by atoms with Gasteiger partial charge in [0.25, 0.3) is 0 Å². The third kappa shape index (κ3) is 2.88. The van der Waals surface area contributed by atoms with Crippen LogP contribution < -0.4 is 4.74 Å². The number of hydrogen-bond acceptors (Lipinski definition) is 5. The normalized spacial score (nSPS) is 12.6. The molecule has 2 aromatic rings. The van der Waals surface area contributed by atoms with Crippen molar-refractivity contribution < 1.29 is 4.74 Å². The minimum atomic E-state index is -0.0158. The molecule has 1 aromatic carbocycles. The zero-order chi connectivity index (χ0) is 12.8. The highest BCUT2D eigenvalue weighted by Gasteiger charge is 2.08. The number of methoxy groups -OCH3 is 1. The van der Waals surface area contributed by atoms with E-state index in [1.54, 1.807) is 13.3 Å². The van der Waals surface area contributed by atoms with Crippen molar-refractivity contribution in [1.29, 1.82) is 0 Å². The van der Waals surface area contributed by atoms with Gasteiger partial charge in [-0.15, -0.1) is 0 Å². The van der Waals surface area contributed by atoms with Gasteiger partial charge < -0.3 is 4.74 Å². The third-order valence-corrected chi connectivity index (χ3v) is 2.52. The first-order valence-corrected chi connectivity index (χ1v) is 5.59. The fourth-order valence-corrected chi connectivity index (χ4v) is 1.59. The van der Waals surface area contributed by atoms with E-state index in [0.29, 0.717) is 5.82 Å². The SMILES string of the molecule is COc1ccccc1C(C)/N=C/c1ncncn1. The van der Waals surface area contributed by atoms with Gasteiger partial charge in [-0.1, -0.05) is 18.2 Å². The Labute approximate surface area is 106 Å². The maximum absolute atomic E-state index is 5.30. The average Bonchev–Trinajstić information content (AvgIpc) is 2.45. The lowest BCUT2D eigenvalue weighted by Gasteiger charge is -2.11. The van der Waals surface area contributed by atoms with Gasteiger partial charge in [-0.3, -0.25) is 4.99 Å². The van der Waals surface area contributed by atoms with Gasteiger partial charge in [0, 0.05) is 5.56 Å². The minimum Gasteiger partial charge on any atom is -0.496 e. The number of aromatic nitrogens is 3. The van der Waals surface area contributed by atoms with Crippen LogP contribution in [0, 0.1) is 0 Å². The second-order valence-electron chi connectivity index (χ2n) is 3.69. The quantitative estimate of drug-likeness (QED) is 0.770. The number of ether oxygens (including phenoxy) is 1. The highest BCUT2D eigenvalue weighted by atomic mass is 16.5. The highest BCUT2D eigenvalue weighted by molar-refractivity contribution is 5.74. The number of nitrogens with zero attached hydrogens (tertiary/aromatic N) is 4. The molecule has 1 atom stereocenters. The van der Waals surface area contributed by atoms with Crippen molar-refractivity contribution in [3.63, 3.8) is 0 Å². The Morgan fingerprint density at radius 2 is 1.94 bits per heavy atom. The smallest absolute Gasteiger partial charge is 0.173 e. The van der Waals surface area contributed by atoms with Gasteiger partial charge in [0.15, 0.2) is 5.82 Å². The summed E-state index contributed by atoms with van der Waals surface area (Å²) in [4.78, 5) is 16.1. The summed E-state index contributed by atoms with van der Waals surface area (Å²) in [6.07, 6.45) is 4.53. The van der Waals surface area contributed by atoms with Crippen LogP contribution in [-0.2, 0) is 0 Å². The molecule has 0 aliphatic heterocycles. The molecule has 0 spiro atoms. The Morgan fingerprint density at radius 1 is 1.22 bits per heavy atom. The molecule has 0 aliphatic rings. The van der Waals surface area contributed by atoms with Crippen LogP contribution in [0.2, 0.25) is 0 Å². The molecule has 5 heteroatoms. The van der Waals surface area contributed by atoms with Crippen LogP contribution in [0.1, 0.15) is 24.4 Å². The lowest BCUT2D eigenvalue weighted by Crippen LogP contribution is -1.98. The van der Waals surface area contributed by atoms with Crippen LogP contribution in [0.4, 0.5) is 0 Å². The van der Waals surface area contributed by atoms with Gasteiger partial charge in [-0.25, -0.2) is 15.0 Å². The first-order chi connectivity index (χ1) is 8.81. The number of hydrogen-bond donors (Lipinski definition) is 0. The predicted molar refractivity (Wildman–Crippen MR) is 68.8 cm³/mol. The van der Waals surface area contributed by atoms with E-state index in [0.717, 1.165) is 11.3 Å². The van der Waals surface area contributed by atoms with Crippen LogP contribution in [0.15, 0.2) is 41.9 Å². The van der Waals surface area contributed by atoms with Crippen molar-refractivity contribution >= 4 is 6.21 Å². The summed E-state index contributed by atoms with van der Waals surface area (Å²) < 4.78 is 5.30. The molecule has 0 saturated heterocycles. The van der Waals surface area contributed by atoms with E-state index in [2.05, 4.69) is 19.9 Å². The van der Waals surface area contributed by atoms with Gasteiger partial charge in [-0.2, -0.15) is 0 Å². The number of para-hydroxylation sites is 1. The van der Waals surface area contributed by atoms with Gasteiger partial charge in [0.05, 0.1) is 19.4 Å². The van der Waals surface area contributed by atoms with E-state index in [1.807, 2.05) is 31.2 Å². The number of aliphatic imine (C=N–C) groups is 1. The second kappa shape index (κ2) is 5.86. The summed E-state index contributed by atoms with van der Waals surface area (Å²) in [5.74, 6) is 1.38. The number of rotatable bonds is 4. The topological polar surface area (TPSA) is 60.3 Å². The summed E-state index contributed by atoms with van der Waals surface area (Å²) in [5.41, 5.74) is 1.03. The highest BCUT2D eigenvalue weighted by Crippen LogP contribution is 2.26. The molecule has 18 heavy (non-hydrogen) atoms. The van der Waals surface area contributed by atoms with Crippen LogP contribution in [0.5, 0.6) is 5.75 Å². The van der Waals surface area contributed by atoms with E-state index in [-0.39, 0.29) is 6.04 Å². The minimum absolute atomic E-state index is 0.0158. The molecule has 0 radical (unpaired) electrons. The number of benzene rings is 1. The van der Waals surface area contributed by atoms with Gasteiger partial charge in [0.2, 0.25) is 0 Å². The van der Waals surface area contributed by atoms with E-state index in [9.17, 15) is 0 Å². The molecule has 0 amide bonds. The molecule has 0 saturated carbocycles. The average molecular weight is 242 g/mol. The predicted octanol–water partition coefficient (Wildman–Crippen LogP) is 2.06. The second-order valence-corrected chi connectivity index (χ2v) is 3.69. The molecule has 2 rings (SSSR count). The molecule has 1 aromatic heterocycles. The van der Waals surface area contributed by atoms with Crippen LogP contribution >= 0.6 is 0 Å². The van der Waals surface area contributed by atoms with Crippen LogP contribution in [0.3, 0.4) is 0 Å². The molecule has 0 fully saturated rings. The molecule has 0 aliphatic carbocycles. The first-order valence-electron chi connectivity index (χ1n) is 5.59. The molecule has 5 nitrogen and oxygen atoms in total. The Kier molecular flexibility index (Phi) is 3.96. The van der Waals surface area contributed by atoms with Gasteiger partial charge in [0.1, 0.15) is 18.4 Å². The van der Waals surface area contributed by atoms with Crippen LogP contribution in [0.25, 0.3) is 0 Å². The fourth-order valence-electron chi connectivity index (χ4n) is 1.59. The lowest BCUT2D eigenvalue weighted by atomic mass is 10.1. The van der Waals surface area contributed by atoms with E-state index in [1.165, 1.54) is 12.7 Å². The van der Waals surface area contributed by atoms with E-state index >= 15 is 0 Å². The molecule has 1 heterocycles. The lowest BCUT2D eigenvalue weighted by molar-refractivity contribution is 0.407. The largest absolute Gasteiger partial charge is 0.496 e. The zero-order valence-corrected chi connectivity index (χ0v) is 10.3. The molecular formula is C13H14N4O. The molecule has 0 bridgehead atoms. The molecule has 0 N–H and O–H groups in total. The van der Waals surface area contributed by atoms with Crippen molar-refractivity contribution in [3.05, 3.63) is 48.3 Å². The summed E-state index contributed by atoms with van der Waals surface area (Å²) in [6.45, 7) is 2.00. The Bertz CT molecular complexity index is 528. The summed E-state index contributed by atoms with van der Waals surface area (Å²) >= 11 is 0. The first kappa shape index (κ1) is 12.2. The maximum Gasteiger partial charge on any atom is 0.173 e. The summed E-state index contributed by atoms with van der Waals surface area (Å²) in [7, 11) is 1.65. The van der Waals surface area contributed by atoms with Crippen molar-refractivity contribution in [1.82, 2.24) is 15.0 Å². The Balaban J connectivity index is 2.17. The summed E-state index contributed by atoms with van der Waals surface area (Å²) in [6, 6.07) is 7.80. The standard InChI is InChI=1S/C13H14N4O/c1-10(11-5-3-4-6-12(11)18-2)15-7-13-16-8-14-9-17-13/h3-10H,1-2H3/b15-7+. The monoisotopic (exact) mass is 242 g/mol. The zero-order valence-electron chi connectivity index (χ0n) is 10.3. The molecule has 1 unspecified atom stereocenters. The molecular weight excluding hydrogens is 228 g/mol. The van der Waals surface area contributed by atoms with Crippen molar-refractivity contribution in [2.75, 3.05) is 7.11 Å². The van der Waals surface area contributed by atoms with Crippen molar-refractivity contribution in [2.24, 2.45) is 4.99 Å². The van der Waals surface area contributed by atoms with E-state index < -0.39 is 0 Å². The van der Waals surface area contributed by atoms with Crippen LogP contribution in [-0.4, -0.2) is 28.3 Å². The summed E-state index contributed by atoms with van der Waals surface area (Å²) in [5, 5.41) is 0. The van der Waals surface area contributed by atoms with Gasteiger partial charge >= 0.3 is 0 Å². The van der Waals surface area contributed by atoms with Crippen molar-refractivity contribution in [3.8, 4) is 5.75 Å². The van der Waals surface area contributed by atoms with Crippen molar-refractivity contribution in [2.45, 2.75) is 13.0 Å². The van der Waals surface area contributed by atoms with Gasteiger partial charge in [-0.05, 0) is 13.0 Å². The van der Waals surface area contributed by atoms with E-state index in [4.69, 9.17) is 4.74 Å².